The number of nitrogens with zero attached hydrogens (tertiary/aromatic N) is 2. The third-order valence-electron chi connectivity index (χ3n) is 3.67. The number of fused-ring (bicyclic) bond motifs is 1. The van der Waals surface area contributed by atoms with Gasteiger partial charge >= 0.3 is 5.63 Å². The highest BCUT2D eigenvalue weighted by molar-refractivity contribution is 7.13. The third kappa shape index (κ3) is 2.19. The lowest BCUT2D eigenvalue weighted by Crippen LogP contribution is -2.02. The van der Waals surface area contributed by atoms with Gasteiger partial charge in [0.25, 0.3) is 5.69 Å². The SMILES string of the molecule is O=c1oc2ccc([N+](=O)[O-])cc2cc1-c1nc(C2CC2)cs1. The van der Waals surface area contributed by atoms with Crippen LogP contribution < -0.4 is 5.63 Å². The second kappa shape index (κ2) is 4.74. The van der Waals surface area contributed by atoms with Crippen molar-refractivity contribution in [3.63, 3.8) is 0 Å². The van der Waals surface area contributed by atoms with Gasteiger partial charge < -0.3 is 4.42 Å². The maximum Gasteiger partial charge on any atom is 0.346 e. The van der Waals surface area contributed by atoms with Gasteiger partial charge in [-0.05, 0) is 25.0 Å². The largest absolute Gasteiger partial charge is 0.422 e. The van der Waals surface area contributed by atoms with Gasteiger partial charge in [0.05, 0.1) is 16.2 Å². The van der Waals surface area contributed by atoms with Crippen LogP contribution in [0.4, 0.5) is 5.69 Å². The first-order valence-electron chi connectivity index (χ1n) is 6.80. The molecule has 0 aliphatic heterocycles. The maximum atomic E-state index is 12.1. The zero-order valence-corrected chi connectivity index (χ0v) is 12.1. The van der Waals surface area contributed by atoms with E-state index in [4.69, 9.17) is 4.42 Å². The van der Waals surface area contributed by atoms with E-state index in [1.807, 2.05) is 5.38 Å². The van der Waals surface area contributed by atoms with Crippen molar-refractivity contribution in [3.8, 4) is 10.6 Å². The molecule has 2 heterocycles. The molecular weight excluding hydrogens is 304 g/mol. The van der Waals surface area contributed by atoms with Crippen LogP contribution in [0.1, 0.15) is 24.5 Å². The molecular formula is C15H10N2O4S. The Morgan fingerprint density at radius 1 is 1.32 bits per heavy atom. The summed E-state index contributed by atoms with van der Waals surface area (Å²) < 4.78 is 5.26. The van der Waals surface area contributed by atoms with E-state index in [-0.39, 0.29) is 5.69 Å². The van der Waals surface area contributed by atoms with Crippen molar-refractivity contribution in [2.45, 2.75) is 18.8 Å². The van der Waals surface area contributed by atoms with E-state index in [1.165, 1.54) is 29.5 Å². The van der Waals surface area contributed by atoms with Crippen molar-refractivity contribution < 1.29 is 9.34 Å². The standard InChI is InChI=1S/C15H10N2O4S/c18-15-11(14-16-12(7-22-14)8-1-2-8)6-9-5-10(17(19)20)3-4-13(9)21-15/h3-8H,1-2H2. The van der Waals surface area contributed by atoms with Crippen molar-refractivity contribution in [2.75, 3.05) is 0 Å². The monoisotopic (exact) mass is 314 g/mol. The van der Waals surface area contributed by atoms with E-state index >= 15 is 0 Å². The van der Waals surface area contributed by atoms with Gasteiger partial charge in [-0.15, -0.1) is 11.3 Å². The second-order valence-electron chi connectivity index (χ2n) is 5.28. The Balaban J connectivity index is 1.86. The summed E-state index contributed by atoms with van der Waals surface area (Å²) >= 11 is 1.40. The molecule has 3 aromatic rings. The lowest BCUT2D eigenvalue weighted by molar-refractivity contribution is -0.384. The van der Waals surface area contributed by atoms with Crippen molar-refractivity contribution in [2.24, 2.45) is 0 Å². The smallest absolute Gasteiger partial charge is 0.346 e. The minimum Gasteiger partial charge on any atom is -0.422 e. The molecule has 1 fully saturated rings. The van der Waals surface area contributed by atoms with Crippen LogP contribution in [0, 0.1) is 10.1 Å². The quantitative estimate of drug-likeness (QED) is 0.418. The van der Waals surface area contributed by atoms with E-state index < -0.39 is 10.5 Å². The molecule has 22 heavy (non-hydrogen) atoms. The lowest BCUT2D eigenvalue weighted by Gasteiger charge is -1.99. The normalized spacial score (nSPS) is 14.4. The van der Waals surface area contributed by atoms with Gasteiger partial charge in [0.15, 0.2) is 0 Å². The lowest BCUT2D eigenvalue weighted by atomic mass is 10.1. The van der Waals surface area contributed by atoms with Crippen molar-refractivity contribution >= 4 is 28.0 Å². The number of nitro groups is 1. The number of nitro benzene ring substituents is 1. The number of thiazole rings is 1. The number of non-ortho nitro benzene ring substituents is 1. The highest BCUT2D eigenvalue weighted by atomic mass is 32.1. The minimum atomic E-state index is -0.474. The topological polar surface area (TPSA) is 86.2 Å². The molecule has 0 radical (unpaired) electrons. The average Bonchev–Trinajstić information content (AvgIpc) is 3.24. The first kappa shape index (κ1) is 13.1. The van der Waals surface area contributed by atoms with Crippen LogP contribution in [-0.4, -0.2) is 9.91 Å². The predicted octanol–water partition coefficient (Wildman–Crippen LogP) is 3.70. The fourth-order valence-electron chi connectivity index (χ4n) is 2.35. The summed E-state index contributed by atoms with van der Waals surface area (Å²) in [4.78, 5) is 27.0. The van der Waals surface area contributed by atoms with Gasteiger partial charge in [-0.25, -0.2) is 9.78 Å². The molecule has 0 amide bonds. The van der Waals surface area contributed by atoms with Crippen LogP contribution in [0.2, 0.25) is 0 Å². The number of hydrogen-bond acceptors (Lipinski definition) is 6. The molecule has 1 saturated carbocycles. The molecule has 1 aromatic carbocycles. The van der Waals surface area contributed by atoms with Gasteiger partial charge in [0, 0.05) is 28.8 Å². The highest BCUT2D eigenvalue weighted by Crippen LogP contribution is 2.41. The summed E-state index contributed by atoms with van der Waals surface area (Å²) in [5, 5.41) is 13.9. The molecule has 110 valence electrons. The highest BCUT2D eigenvalue weighted by Gasteiger charge is 2.26. The molecule has 0 spiro atoms. The van der Waals surface area contributed by atoms with Gasteiger partial charge in [-0.2, -0.15) is 0 Å². The molecule has 1 aliphatic rings. The van der Waals surface area contributed by atoms with Crippen molar-refractivity contribution in [3.05, 3.63) is 55.9 Å². The van der Waals surface area contributed by atoms with E-state index in [0.29, 0.717) is 27.5 Å². The van der Waals surface area contributed by atoms with Crippen molar-refractivity contribution in [1.82, 2.24) is 4.98 Å². The molecule has 2 aromatic heterocycles. The van der Waals surface area contributed by atoms with E-state index in [0.717, 1.165) is 18.5 Å². The molecule has 6 nitrogen and oxygen atoms in total. The summed E-state index contributed by atoms with van der Waals surface area (Å²) in [6, 6.07) is 5.77. The van der Waals surface area contributed by atoms with Crippen LogP contribution in [0.5, 0.6) is 0 Å². The first-order chi connectivity index (χ1) is 10.6. The Kier molecular flexibility index (Phi) is 2.83. The molecule has 0 saturated heterocycles. The molecule has 7 heteroatoms. The number of hydrogen-bond donors (Lipinski definition) is 0. The van der Waals surface area contributed by atoms with Gasteiger partial charge in [-0.1, -0.05) is 0 Å². The third-order valence-corrected chi connectivity index (χ3v) is 4.57. The molecule has 0 unspecified atom stereocenters. The summed E-state index contributed by atoms with van der Waals surface area (Å²) in [5.74, 6) is 0.513. The number of rotatable bonds is 3. The zero-order valence-electron chi connectivity index (χ0n) is 11.3. The second-order valence-corrected chi connectivity index (χ2v) is 6.14. The first-order valence-corrected chi connectivity index (χ1v) is 7.68. The number of aromatic nitrogens is 1. The summed E-state index contributed by atoms with van der Waals surface area (Å²) in [6.07, 6.45) is 2.28. The van der Waals surface area contributed by atoms with Crippen LogP contribution in [0.15, 0.2) is 38.9 Å². The van der Waals surface area contributed by atoms with Gasteiger partial charge in [0.2, 0.25) is 0 Å². The fraction of sp³-hybridized carbons (Fsp3) is 0.200. The van der Waals surface area contributed by atoms with Crippen LogP contribution >= 0.6 is 11.3 Å². The predicted molar refractivity (Wildman–Crippen MR) is 82.2 cm³/mol. The Bertz CT molecular complexity index is 956. The Morgan fingerprint density at radius 2 is 2.14 bits per heavy atom. The summed E-state index contributed by atoms with van der Waals surface area (Å²) in [7, 11) is 0. The Morgan fingerprint density at radius 3 is 2.86 bits per heavy atom. The average molecular weight is 314 g/mol. The summed E-state index contributed by atoms with van der Waals surface area (Å²) in [5.41, 5.74) is 1.19. The van der Waals surface area contributed by atoms with Crippen LogP contribution in [-0.2, 0) is 0 Å². The van der Waals surface area contributed by atoms with E-state index in [1.54, 1.807) is 6.07 Å². The molecule has 4 rings (SSSR count). The fourth-order valence-corrected chi connectivity index (χ4v) is 3.25. The molecule has 0 atom stereocenters. The summed E-state index contributed by atoms with van der Waals surface area (Å²) in [6.45, 7) is 0. The van der Waals surface area contributed by atoms with Crippen LogP contribution in [0.25, 0.3) is 21.5 Å². The zero-order chi connectivity index (χ0) is 15.3. The van der Waals surface area contributed by atoms with Crippen LogP contribution in [0.3, 0.4) is 0 Å². The van der Waals surface area contributed by atoms with Gasteiger partial charge in [0.1, 0.15) is 10.6 Å². The molecule has 0 bridgehead atoms. The molecule has 0 N–H and O–H groups in total. The van der Waals surface area contributed by atoms with E-state index in [9.17, 15) is 14.9 Å². The Labute approximate surface area is 128 Å². The van der Waals surface area contributed by atoms with Crippen molar-refractivity contribution in [1.29, 1.82) is 0 Å². The Hall–Kier alpha value is -2.54. The van der Waals surface area contributed by atoms with Gasteiger partial charge in [-0.3, -0.25) is 10.1 Å². The van der Waals surface area contributed by atoms with E-state index in [2.05, 4.69) is 4.98 Å². The minimum absolute atomic E-state index is 0.0369. The molecule has 1 aliphatic carbocycles. The maximum absolute atomic E-state index is 12.1. The number of benzene rings is 1.